The van der Waals surface area contributed by atoms with Gasteiger partial charge in [-0.2, -0.15) is 0 Å². The summed E-state index contributed by atoms with van der Waals surface area (Å²) in [4.78, 5) is 27.5. The number of piperidine rings is 1. The minimum atomic E-state index is -3.74. The van der Waals surface area contributed by atoms with Crippen LogP contribution in [-0.2, 0) is 10.0 Å². The molecule has 33 heavy (non-hydrogen) atoms. The Balaban J connectivity index is 1.46. The number of hydrogen-bond acceptors (Lipinski definition) is 4. The molecular weight excluding hydrogens is 438 g/mol. The maximum atomic E-state index is 12.8. The third-order valence-corrected chi connectivity index (χ3v) is 6.84. The molecule has 1 aliphatic rings. The van der Waals surface area contributed by atoms with Gasteiger partial charge in [0.05, 0.1) is 10.6 Å². The molecule has 1 aliphatic heterocycles. The Hall–Kier alpha value is -3.65. The Morgan fingerprint density at radius 2 is 1.39 bits per heavy atom. The van der Waals surface area contributed by atoms with Crippen LogP contribution in [0.3, 0.4) is 0 Å². The van der Waals surface area contributed by atoms with Gasteiger partial charge in [0, 0.05) is 29.9 Å². The van der Waals surface area contributed by atoms with Crippen LogP contribution in [0.1, 0.15) is 40.0 Å². The molecule has 0 radical (unpaired) electrons. The van der Waals surface area contributed by atoms with Crippen molar-refractivity contribution in [1.29, 1.82) is 0 Å². The van der Waals surface area contributed by atoms with Crippen LogP contribution in [0, 0.1) is 0 Å². The molecule has 1 heterocycles. The van der Waals surface area contributed by atoms with Crippen LogP contribution in [0.4, 0.5) is 11.4 Å². The molecule has 8 heteroatoms. The first-order valence-electron chi connectivity index (χ1n) is 10.8. The number of nitrogens with zero attached hydrogens (tertiary/aromatic N) is 1. The summed E-state index contributed by atoms with van der Waals surface area (Å²) in [6.07, 6.45) is 3.12. The van der Waals surface area contributed by atoms with E-state index in [0.717, 1.165) is 32.4 Å². The number of hydrogen-bond donors (Lipinski definition) is 2. The Kier molecular flexibility index (Phi) is 6.74. The molecule has 0 bridgehead atoms. The number of carbonyl (C=O) groups excluding carboxylic acids is 2. The summed E-state index contributed by atoms with van der Waals surface area (Å²) in [5.41, 5.74) is 1.59. The summed E-state index contributed by atoms with van der Waals surface area (Å²) < 4.78 is 27.6. The first-order chi connectivity index (χ1) is 15.9. The highest BCUT2D eigenvalue weighted by Crippen LogP contribution is 2.21. The van der Waals surface area contributed by atoms with Crippen LogP contribution >= 0.6 is 0 Å². The summed E-state index contributed by atoms with van der Waals surface area (Å²) in [6.45, 7) is 1.47. The van der Waals surface area contributed by atoms with Crippen molar-refractivity contribution in [3.63, 3.8) is 0 Å². The second kappa shape index (κ2) is 9.87. The lowest BCUT2D eigenvalue weighted by Crippen LogP contribution is -2.35. The molecule has 4 rings (SSSR count). The molecule has 1 saturated heterocycles. The monoisotopic (exact) mass is 463 g/mol. The second-order valence-corrected chi connectivity index (χ2v) is 9.57. The molecule has 0 saturated carbocycles. The standard InChI is InChI=1S/C25H25N3O4S/c29-24(19-9-7-10-20(17-19)25(30)28-15-5-2-6-16-28)26-21-11-8-12-22(18-21)27-33(31,32)23-13-3-1-4-14-23/h1,3-4,7-14,17-18,27H,2,5-6,15-16H2,(H,26,29). The van der Waals surface area contributed by atoms with E-state index in [1.54, 1.807) is 66.7 Å². The van der Waals surface area contributed by atoms with Gasteiger partial charge in [0.1, 0.15) is 0 Å². The fraction of sp³-hybridized carbons (Fsp3) is 0.200. The van der Waals surface area contributed by atoms with Gasteiger partial charge >= 0.3 is 0 Å². The second-order valence-electron chi connectivity index (χ2n) is 7.89. The highest BCUT2D eigenvalue weighted by molar-refractivity contribution is 7.92. The predicted molar refractivity (Wildman–Crippen MR) is 128 cm³/mol. The molecule has 2 amide bonds. The van der Waals surface area contributed by atoms with Crippen molar-refractivity contribution in [2.45, 2.75) is 24.2 Å². The molecule has 0 atom stereocenters. The van der Waals surface area contributed by atoms with Gasteiger partial charge in [0.25, 0.3) is 21.8 Å². The number of carbonyl (C=O) groups is 2. The minimum Gasteiger partial charge on any atom is -0.339 e. The van der Waals surface area contributed by atoms with Crippen molar-refractivity contribution in [3.8, 4) is 0 Å². The summed E-state index contributed by atoms with van der Waals surface area (Å²) in [5, 5.41) is 2.77. The summed E-state index contributed by atoms with van der Waals surface area (Å²) in [5.74, 6) is -0.451. The van der Waals surface area contributed by atoms with E-state index in [2.05, 4.69) is 10.0 Å². The lowest BCUT2D eigenvalue weighted by molar-refractivity contribution is 0.0724. The molecule has 0 aromatic heterocycles. The maximum Gasteiger partial charge on any atom is 0.261 e. The topological polar surface area (TPSA) is 95.6 Å². The van der Waals surface area contributed by atoms with Gasteiger partial charge in [0.15, 0.2) is 0 Å². The predicted octanol–water partition coefficient (Wildman–Crippen LogP) is 4.37. The molecular formula is C25H25N3O4S. The molecule has 3 aromatic rings. The molecule has 2 N–H and O–H groups in total. The van der Waals surface area contributed by atoms with Crippen LogP contribution in [0.25, 0.3) is 0 Å². The third-order valence-electron chi connectivity index (χ3n) is 5.44. The van der Waals surface area contributed by atoms with E-state index in [0.29, 0.717) is 22.5 Å². The number of likely N-dealkylation sites (tertiary alicyclic amines) is 1. The van der Waals surface area contributed by atoms with E-state index in [1.165, 1.54) is 12.1 Å². The molecule has 0 spiro atoms. The van der Waals surface area contributed by atoms with Crippen LogP contribution in [0.5, 0.6) is 0 Å². The van der Waals surface area contributed by atoms with Crippen LogP contribution in [-0.4, -0.2) is 38.2 Å². The molecule has 1 fully saturated rings. The highest BCUT2D eigenvalue weighted by atomic mass is 32.2. The average molecular weight is 464 g/mol. The zero-order chi connectivity index (χ0) is 23.3. The average Bonchev–Trinajstić information content (AvgIpc) is 2.85. The quantitative estimate of drug-likeness (QED) is 0.568. The van der Waals surface area contributed by atoms with Crippen LogP contribution < -0.4 is 10.0 Å². The Bertz CT molecular complexity index is 1250. The zero-order valence-corrected chi connectivity index (χ0v) is 18.8. The van der Waals surface area contributed by atoms with E-state index < -0.39 is 10.0 Å². The van der Waals surface area contributed by atoms with Gasteiger partial charge in [-0.3, -0.25) is 14.3 Å². The zero-order valence-electron chi connectivity index (χ0n) is 18.0. The number of rotatable bonds is 6. The van der Waals surface area contributed by atoms with E-state index in [1.807, 2.05) is 4.90 Å². The fourth-order valence-electron chi connectivity index (χ4n) is 3.75. The lowest BCUT2D eigenvalue weighted by Gasteiger charge is -2.26. The molecule has 0 unspecified atom stereocenters. The Morgan fingerprint density at radius 1 is 0.727 bits per heavy atom. The SMILES string of the molecule is O=C(Nc1cccc(NS(=O)(=O)c2ccccc2)c1)c1cccc(C(=O)N2CCCCC2)c1. The summed E-state index contributed by atoms with van der Waals surface area (Å²) >= 11 is 0. The lowest BCUT2D eigenvalue weighted by atomic mass is 10.1. The van der Waals surface area contributed by atoms with Gasteiger partial charge in [-0.1, -0.05) is 30.3 Å². The van der Waals surface area contributed by atoms with Gasteiger partial charge in [-0.15, -0.1) is 0 Å². The maximum absolute atomic E-state index is 12.8. The number of sulfonamides is 1. The van der Waals surface area contributed by atoms with Crippen LogP contribution in [0.2, 0.25) is 0 Å². The molecule has 3 aromatic carbocycles. The number of amides is 2. The van der Waals surface area contributed by atoms with Gasteiger partial charge < -0.3 is 10.2 Å². The molecule has 7 nitrogen and oxygen atoms in total. The summed E-state index contributed by atoms with van der Waals surface area (Å²) in [7, 11) is -3.74. The minimum absolute atomic E-state index is 0.0679. The van der Waals surface area contributed by atoms with Crippen molar-refractivity contribution in [3.05, 3.63) is 90.0 Å². The fourth-order valence-corrected chi connectivity index (χ4v) is 4.82. The number of nitrogens with one attached hydrogen (secondary N) is 2. The molecule has 0 aliphatic carbocycles. The Labute approximate surface area is 193 Å². The van der Waals surface area contributed by atoms with Crippen molar-refractivity contribution in [1.82, 2.24) is 4.90 Å². The first-order valence-corrected chi connectivity index (χ1v) is 12.3. The molecule has 170 valence electrons. The van der Waals surface area contributed by atoms with E-state index in [4.69, 9.17) is 0 Å². The Morgan fingerprint density at radius 3 is 2.15 bits per heavy atom. The van der Waals surface area contributed by atoms with E-state index in [-0.39, 0.29) is 16.7 Å². The van der Waals surface area contributed by atoms with Crippen molar-refractivity contribution >= 4 is 33.2 Å². The summed E-state index contributed by atoms with van der Waals surface area (Å²) in [6, 6.07) is 21.2. The van der Waals surface area contributed by atoms with Crippen molar-refractivity contribution in [2.24, 2.45) is 0 Å². The van der Waals surface area contributed by atoms with Crippen molar-refractivity contribution < 1.29 is 18.0 Å². The number of benzene rings is 3. The van der Waals surface area contributed by atoms with E-state index in [9.17, 15) is 18.0 Å². The van der Waals surface area contributed by atoms with Gasteiger partial charge in [-0.05, 0) is 67.8 Å². The van der Waals surface area contributed by atoms with Gasteiger partial charge in [0.2, 0.25) is 0 Å². The van der Waals surface area contributed by atoms with Crippen molar-refractivity contribution in [2.75, 3.05) is 23.1 Å². The smallest absolute Gasteiger partial charge is 0.261 e. The highest BCUT2D eigenvalue weighted by Gasteiger charge is 2.19. The van der Waals surface area contributed by atoms with E-state index >= 15 is 0 Å². The number of anilines is 2. The van der Waals surface area contributed by atoms with Crippen LogP contribution in [0.15, 0.2) is 83.8 Å². The third kappa shape index (κ3) is 5.59. The van der Waals surface area contributed by atoms with Gasteiger partial charge in [-0.25, -0.2) is 8.42 Å². The first kappa shape index (κ1) is 22.5. The normalized spacial score (nSPS) is 13.9. The largest absolute Gasteiger partial charge is 0.339 e.